The van der Waals surface area contributed by atoms with Gasteiger partial charge in [0.1, 0.15) is 5.01 Å². The average molecular weight is 297 g/mol. The highest BCUT2D eigenvalue weighted by Gasteiger charge is 2.15. The maximum Gasteiger partial charge on any atom is 0.114 e. The van der Waals surface area contributed by atoms with Gasteiger partial charge in [0.2, 0.25) is 0 Å². The molecule has 0 saturated heterocycles. The molecule has 1 N–H and O–H groups in total. The van der Waals surface area contributed by atoms with E-state index in [1.165, 1.54) is 5.56 Å². The van der Waals surface area contributed by atoms with Crippen molar-refractivity contribution in [2.24, 2.45) is 0 Å². The van der Waals surface area contributed by atoms with E-state index in [2.05, 4.69) is 43.7 Å². The Bertz CT molecular complexity index is 481. The van der Waals surface area contributed by atoms with Crippen LogP contribution in [-0.2, 0) is 0 Å². The van der Waals surface area contributed by atoms with Gasteiger partial charge < -0.3 is 5.32 Å². The third-order valence-electron chi connectivity index (χ3n) is 2.35. The quantitative estimate of drug-likeness (QED) is 0.937. The largest absolute Gasteiger partial charge is 0.307 e. The molecule has 2 aromatic rings. The summed E-state index contributed by atoms with van der Waals surface area (Å²) in [6, 6.07) is 8.49. The molecule has 1 unspecified atom stereocenters. The average Bonchev–Trinajstić information content (AvgIpc) is 2.66. The van der Waals surface area contributed by atoms with Crippen LogP contribution >= 0.6 is 27.3 Å². The van der Waals surface area contributed by atoms with Gasteiger partial charge in [0.05, 0.1) is 6.04 Å². The number of thiazole rings is 1. The van der Waals surface area contributed by atoms with Crippen LogP contribution in [0.5, 0.6) is 0 Å². The van der Waals surface area contributed by atoms with Crippen molar-refractivity contribution in [1.29, 1.82) is 0 Å². The number of halogens is 1. The Morgan fingerprint density at radius 2 is 2.25 bits per heavy atom. The molecule has 0 fully saturated rings. The molecule has 0 aliphatic rings. The second-order valence-electron chi connectivity index (χ2n) is 3.60. The van der Waals surface area contributed by atoms with E-state index in [0.717, 1.165) is 15.2 Å². The van der Waals surface area contributed by atoms with Gasteiger partial charge in [-0.2, -0.15) is 0 Å². The zero-order valence-electron chi connectivity index (χ0n) is 9.20. The third kappa shape index (κ3) is 2.51. The summed E-state index contributed by atoms with van der Waals surface area (Å²) in [5.41, 5.74) is 2.31. The Hall–Kier alpha value is -0.710. The fourth-order valence-electron chi connectivity index (χ4n) is 1.62. The van der Waals surface area contributed by atoms with Crippen LogP contribution in [0.4, 0.5) is 0 Å². The van der Waals surface area contributed by atoms with Crippen LogP contribution in [0.1, 0.15) is 22.3 Å². The Morgan fingerprint density at radius 1 is 1.44 bits per heavy atom. The summed E-state index contributed by atoms with van der Waals surface area (Å²) < 4.78 is 1.10. The van der Waals surface area contributed by atoms with Crippen LogP contribution in [0.3, 0.4) is 0 Å². The van der Waals surface area contributed by atoms with Gasteiger partial charge in [0, 0.05) is 15.5 Å². The number of aryl methyl sites for hydroxylation is 1. The fourth-order valence-corrected chi connectivity index (χ4v) is 2.97. The molecule has 1 atom stereocenters. The zero-order valence-corrected chi connectivity index (χ0v) is 11.6. The van der Waals surface area contributed by atoms with Crippen molar-refractivity contribution in [1.82, 2.24) is 10.3 Å². The monoisotopic (exact) mass is 296 g/mol. The molecule has 0 spiro atoms. The van der Waals surface area contributed by atoms with Gasteiger partial charge in [-0.1, -0.05) is 28.1 Å². The number of rotatable bonds is 3. The molecule has 0 amide bonds. The Morgan fingerprint density at radius 3 is 2.81 bits per heavy atom. The number of benzene rings is 1. The lowest BCUT2D eigenvalue weighted by Gasteiger charge is -2.14. The smallest absolute Gasteiger partial charge is 0.114 e. The summed E-state index contributed by atoms with van der Waals surface area (Å²) in [4.78, 5) is 4.53. The number of hydrogen-bond acceptors (Lipinski definition) is 3. The first-order valence-electron chi connectivity index (χ1n) is 5.05. The van der Waals surface area contributed by atoms with E-state index in [9.17, 15) is 0 Å². The highest BCUT2D eigenvalue weighted by Crippen LogP contribution is 2.26. The maximum atomic E-state index is 4.53. The van der Waals surface area contributed by atoms with Gasteiger partial charge in [0.25, 0.3) is 0 Å². The Balaban J connectivity index is 2.36. The summed E-state index contributed by atoms with van der Waals surface area (Å²) in [6.45, 7) is 2.02. The van der Waals surface area contributed by atoms with Crippen molar-refractivity contribution in [2.45, 2.75) is 13.0 Å². The first-order valence-corrected chi connectivity index (χ1v) is 6.72. The number of nitrogens with zero attached hydrogens (tertiary/aromatic N) is 1. The fraction of sp³-hybridized carbons (Fsp3) is 0.250. The SMILES string of the molecule is CNC(c1cccc(Br)c1)c1nc(C)cs1. The molecule has 0 bridgehead atoms. The number of nitrogens with one attached hydrogen (secondary N) is 1. The zero-order chi connectivity index (χ0) is 11.5. The first-order chi connectivity index (χ1) is 7.70. The van der Waals surface area contributed by atoms with E-state index in [4.69, 9.17) is 0 Å². The second-order valence-corrected chi connectivity index (χ2v) is 5.41. The van der Waals surface area contributed by atoms with Crippen LogP contribution in [0.2, 0.25) is 0 Å². The van der Waals surface area contributed by atoms with Crippen LogP contribution in [-0.4, -0.2) is 12.0 Å². The molecule has 0 aliphatic carbocycles. The van der Waals surface area contributed by atoms with E-state index in [-0.39, 0.29) is 6.04 Å². The summed E-state index contributed by atoms with van der Waals surface area (Å²) >= 11 is 5.19. The van der Waals surface area contributed by atoms with Crippen molar-refractivity contribution in [3.8, 4) is 0 Å². The first kappa shape index (κ1) is 11.8. The summed E-state index contributed by atoms with van der Waals surface area (Å²) in [5, 5.41) is 6.49. The molecule has 84 valence electrons. The minimum Gasteiger partial charge on any atom is -0.307 e. The van der Waals surface area contributed by atoms with Crippen LogP contribution < -0.4 is 5.32 Å². The number of aromatic nitrogens is 1. The lowest BCUT2D eigenvalue weighted by molar-refractivity contribution is 0.684. The molecule has 4 heteroatoms. The molecule has 16 heavy (non-hydrogen) atoms. The number of hydrogen-bond donors (Lipinski definition) is 1. The summed E-state index contributed by atoms with van der Waals surface area (Å²) in [7, 11) is 1.96. The van der Waals surface area contributed by atoms with Gasteiger partial charge in [-0.15, -0.1) is 11.3 Å². The van der Waals surface area contributed by atoms with Gasteiger partial charge in [-0.05, 0) is 31.7 Å². The van der Waals surface area contributed by atoms with Crippen molar-refractivity contribution in [3.05, 3.63) is 50.4 Å². The molecule has 0 radical (unpaired) electrons. The van der Waals surface area contributed by atoms with Crippen LogP contribution in [0, 0.1) is 6.92 Å². The minimum atomic E-state index is 0.177. The molecule has 1 heterocycles. The lowest BCUT2D eigenvalue weighted by Crippen LogP contribution is -2.17. The Labute approximate surface area is 108 Å². The molecular weight excluding hydrogens is 284 g/mol. The van der Waals surface area contributed by atoms with Gasteiger partial charge >= 0.3 is 0 Å². The molecule has 1 aromatic heterocycles. The molecule has 0 aliphatic heterocycles. The highest BCUT2D eigenvalue weighted by atomic mass is 79.9. The standard InChI is InChI=1S/C12H13BrN2S/c1-8-7-16-12(15-8)11(14-2)9-4-3-5-10(13)6-9/h3-7,11,14H,1-2H3. The third-order valence-corrected chi connectivity index (χ3v) is 3.88. The van der Waals surface area contributed by atoms with Crippen molar-refractivity contribution in [2.75, 3.05) is 7.05 Å². The molecule has 0 saturated carbocycles. The van der Waals surface area contributed by atoms with Crippen molar-refractivity contribution < 1.29 is 0 Å². The van der Waals surface area contributed by atoms with E-state index in [0.29, 0.717) is 0 Å². The van der Waals surface area contributed by atoms with E-state index in [1.54, 1.807) is 11.3 Å². The van der Waals surface area contributed by atoms with Crippen molar-refractivity contribution >= 4 is 27.3 Å². The Kier molecular flexibility index (Phi) is 3.74. The summed E-state index contributed by atoms with van der Waals surface area (Å²) in [6.07, 6.45) is 0. The lowest BCUT2D eigenvalue weighted by atomic mass is 10.1. The molecule has 2 nitrogen and oxygen atoms in total. The minimum absolute atomic E-state index is 0.177. The van der Waals surface area contributed by atoms with Gasteiger partial charge in [0.15, 0.2) is 0 Å². The second kappa shape index (κ2) is 5.08. The highest BCUT2D eigenvalue weighted by molar-refractivity contribution is 9.10. The predicted octanol–water partition coefficient (Wildman–Crippen LogP) is 3.52. The van der Waals surface area contributed by atoms with Crippen molar-refractivity contribution in [3.63, 3.8) is 0 Å². The normalized spacial score (nSPS) is 12.7. The topological polar surface area (TPSA) is 24.9 Å². The maximum absolute atomic E-state index is 4.53. The van der Waals surface area contributed by atoms with E-state index in [1.807, 2.05) is 26.1 Å². The van der Waals surface area contributed by atoms with Gasteiger partial charge in [-0.25, -0.2) is 4.98 Å². The summed E-state index contributed by atoms with van der Waals surface area (Å²) in [5.74, 6) is 0. The van der Waals surface area contributed by atoms with Crippen LogP contribution in [0.25, 0.3) is 0 Å². The van der Waals surface area contributed by atoms with Crippen LogP contribution in [0.15, 0.2) is 34.1 Å². The molecular formula is C12H13BrN2S. The molecule has 1 aromatic carbocycles. The predicted molar refractivity (Wildman–Crippen MR) is 71.9 cm³/mol. The molecule has 2 rings (SSSR count). The van der Waals surface area contributed by atoms with E-state index >= 15 is 0 Å². The van der Waals surface area contributed by atoms with Gasteiger partial charge in [-0.3, -0.25) is 0 Å². The van der Waals surface area contributed by atoms with E-state index < -0.39 is 0 Å².